The van der Waals surface area contributed by atoms with Gasteiger partial charge < -0.3 is 25.3 Å². The van der Waals surface area contributed by atoms with E-state index in [0.717, 1.165) is 62.6 Å². The number of aromatic amines is 1. The van der Waals surface area contributed by atoms with E-state index in [0.29, 0.717) is 17.0 Å². The average molecular weight is 535 g/mol. The summed E-state index contributed by atoms with van der Waals surface area (Å²) in [4.78, 5) is 24.1. The van der Waals surface area contributed by atoms with Gasteiger partial charge in [0.1, 0.15) is 5.52 Å². The fraction of sp³-hybridized carbons (Fsp3) is 0.259. The summed E-state index contributed by atoms with van der Waals surface area (Å²) in [7, 11) is -3.60. The monoisotopic (exact) mass is 534 g/mol. The van der Waals surface area contributed by atoms with E-state index >= 15 is 0 Å². The summed E-state index contributed by atoms with van der Waals surface area (Å²) >= 11 is 0. The number of imidazole rings is 1. The highest BCUT2D eigenvalue weighted by Gasteiger charge is 2.19. The smallest absolute Gasteiger partial charge is 0.408 e. The standard InChI is InChI=1S/C27H30N6O4S/c28-26(34)37-24-9-4-8-23-25(24)30-27(29-23)33-16-5-15-32(18-19-33)17-14-20-10-12-21(13-11-20)31-38(35,36)22-6-2-1-3-7-22/h1-4,6-13,31H,5,14-19H2,(H2,28,34)(H,29,30). The normalized spacial score (nSPS) is 14.8. The molecular weight excluding hydrogens is 504 g/mol. The molecular formula is C27H30N6O4S. The molecule has 0 spiro atoms. The molecule has 2 heterocycles. The molecule has 0 atom stereocenters. The Morgan fingerprint density at radius 3 is 2.53 bits per heavy atom. The molecule has 10 nitrogen and oxygen atoms in total. The number of rotatable bonds is 8. The third-order valence-corrected chi connectivity index (χ3v) is 7.94. The second-order valence-electron chi connectivity index (χ2n) is 9.18. The maximum absolute atomic E-state index is 12.5. The highest BCUT2D eigenvalue weighted by Crippen LogP contribution is 2.27. The van der Waals surface area contributed by atoms with Crippen molar-refractivity contribution in [2.24, 2.45) is 5.73 Å². The number of carbonyl (C=O) groups excluding carboxylic acids is 1. The van der Waals surface area contributed by atoms with Gasteiger partial charge in [-0.25, -0.2) is 18.2 Å². The van der Waals surface area contributed by atoms with Crippen molar-refractivity contribution >= 4 is 38.8 Å². The number of nitrogens with two attached hydrogens (primary N) is 1. The number of benzene rings is 3. The number of amides is 1. The summed E-state index contributed by atoms with van der Waals surface area (Å²) in [6.07, 6.45) is 0.988. The number of nitrogens with zero attached hydrogens (tertiary/aromatic N) is 3. The first kappa shape index (κ1) is 25.6. The van der Waals surface area contributed by atoms with Gasteiger partial charge in [0.05, 0.1) is 10.4 Å². The summed E-state index contributed by atoms with van der Waals surface area (Å²) in [6.45, 7) is 4.43. The van der Waals surface area contributed by atoms with E-state index in [1.807, 2.05) is 18.2 Å². The molecule has 0 bridgehead atoms. The quantitative estimate of drug-likeness (QED) is 0.315. The molecule has 0 radical (unpaired) electrons. The zero-order valence-corrected chi connectivity index (χ0v) is 21.7. The summed E-state index contributed by atoms with van der Waals surface area (Å²) in [5.41, 5.74) is 8.24. The highest BCUT2D eigenvalue weighted by molar-refractivity contribution is 7.92. The molecule has 38 heavy (non-hydrogen) atoms. The van der Waals surface area contributed by atoms with Crippen molar-refractivity contribution in [3.8, 4) is 5.75 Å². The second-order valence-corrected chi connectivity index (χ2v) is 10.9. The Hall–Kier alpha value is -4.09. The molecule has 0 saturated carbocycles. The minimum absolute atomic E-state index is 0.237. The number of ether oxygens (including phenoxy) is 1. The molecule has 1 aromatic heterocycles. The summed E-state index contributed by atoms with van der Waals surface area (Å²) in [6, 6.07) is 21.2. The fourth-order valence-corrected chi connectivity index (χ4v) is 5.66. The highest BCUT2D eigenvalue weighted by atomic mass is 32.2. The summed E-state index contributed by atoms with van der Waals surface area (Å²) in [5, 5.41) is 0. The Morgan fingerprint density at radius 1 is 0.974 bits per heavy atom. The van der Waals surface area contributed by atoms with Crippen molar-refractivity contribution in [2.75, 3.05) is 42.3 Å². The molecule has 4 aromatic rings. The predicted octanol–water partition coefficient (Wildman–Crippen LogP) is 3.58. The van der Waals surface area contributed by atoms with E-state index in [1.165, 1.54) is 0 Å². The van der Waals surface area contributed by atoms with Gasteiger partial charge in [-0.3, -0.25) is 4.72 Å². The van der Waals surface area contributed by atoms with Crippen molar-refractivity contribution in [2.45, 2.75) is 17.7 Å². The molecule has 1 aliphatic heterocycles. The van der Waals surface area contributed by atoms with Crippen molar-refractivity contribution in [1.29, 1.82) is 0 Å². The average Bonchev–Trinajstić information content (AvgIpc) is 3.21. The first-order chi connectivity index (χ1) is 18.4. The lowest BCUT2D eigenvalue weighted by Gasteiger charge is -2.21. The van der Waals surface area contributed by atoms with E-state index in [4.69, 9.17) is 10.5 Å². The van der Waals surface area contributed by atoms with Crippen LogP contribution in [0.5, 0.6) is 5.75 Å². The van der Waals surface area contributed by atoms with Gasteiger partial charge in [0.25, 0.3) is 10.0 Å². The van der Waals surface area contributed by atoms with Crippen LogP contribution in [0.1, 0.15) is 12.0 Å². The molecule has 4 N–H and O–H groups in total. The molecule has 0 unspecified atom stereocenters. The largest absolute Gasteiger partial charge is 0.410 e. The van der Waals surface area contributed by atoms with Crippen molar-refractivity contribution in [3.63, 3.8) is 0 Å². The van der Waals surface area contributed by atoms with E-state index in [1.54, 1.807) is 54.6 Å². The van der Waals surface area contributed by atoms with Crippen molar-refractivity contribution in [3.05, 3.63) is 78.4 Å². The number of hydrogen-bond donors (Lipinski definition) is 3. The predicted molar refractivity (Wildman–Crippen MR) is 147 cm³/mol. The van der Waals surface area contributed by atoms with Crippen LogP contribution >= 0.6 is 0 Å². The van der Waals surface area contributed by atoms with Gasteiger partial charge in [0.2, 0.25) is 5.95 Å². The van der Waals surface area contributed by atoms with Gasteiger partial charge in [0.15, 0.2) is 5.75 Å². The molecule has 3 aromatic carbocycles. The SMILES string of the molecule is NC(=O)Oc1cccc2[nH]c(N3CCCN(CCc4ccc(NS(=O)(=O)c5ccccc5)cc4)CC3)nc12. The van der Waals surface area contributed by atoms with Gasteiger partial charge >= 0.3 is 6.09 Å². The van der Waals surface area contributed by atoms with Gasteiger partial charge in [-0.2, -0.15) is 0 Å². The van der Waals surface area contributed by atoms with E-state index < -0.39 is 16.1 Å². The Morgan fingerprint density at radius 2 is 1.76 bits per heavy atom. The molecule has 0 aliphatic carbocycles. The topological polar surface area (TPSA) is 134 Å². The second kappa shape index (κ2) is 11.1. The van der Waals surface area contributed by atoms with E-state index in [9.17, 15) is 13.2 Å². The molecule has 1 amide bonds. The van der Waals surface area contributed by atoms with Crippen LogP contribution in [-0.2, 0) is 16.4 Å². The Labute approximate surface area is 221 Å². The van der Waals surface area contributed by atoms with E-state index in [2.05, 4.69) is 24.5 Å². The number of anilines is 2. The minimum atomic E-state index is -3.60. The number of H-pyrrole nitrogens is 1. The van der Waals surface area contributed by atoms with Gasteiger partial charge in [-0.05, 0) is 61.3 Å². The number of para-hydroxylation sites is 1. The number of aromatic nitrogens is 2. The molecule has 5 rings (SSSR count). The van der Waals surface area contributed by atoms with Crippen LogP contribution in [-0.4, -0.2) is 62.1 Å². The van der Waals surface area contributed by atoms with Crippen LogP contribution in [0.25, 0.3) is 11.0 Å². The number of fused-ring (bicyclic) bond motifs is 1. The van der Waals surface area contributed by atoms with Crippen LogP contribution in [0.4, 0.5) is 16.4 Å². The molecule has 11 heteroatoms. The number of nitrogens with one attached hydrogen (secondary N) is 2. The van der Waals surface area contributed by atoms with Crippen LogP contribution in [0.3, 0.4) is 0 Å². The number of sulfonamides is 1. The van der Waals surface area contributed by atoms with E-state index in [-0.39, 0.29) is 4.90 Å². The number of primary amides is 1. The molecule has 1 saturated heterocycles. The minimum Gasteiger partial charge on any atom is -0.408 e. The third-order valence-electron chi connectivity index (χ3n) is 6.54. The lowest BCUT2D eigenvalue weighted by Crippen LogP contribution is -2.32. The first-order valence-electron chi connectivity index (χ1n) is 12.5. The van der Waals surface area contributed by atoms with Gasteiger partial charge in [-0.15, -0.1) is 0 Å². The van der Waals surface area contributed by atoms with Crippen LogP contribution in [0.15, 0.2) is 77.7 Å². The lowest BCUT2D eigenvalue weighted by atomic mass is 10.1. The Kier molecular flexibility index (Phi) is 7.47. The van der Waals surface area contributed by atoms with Crippen LogP contribution in [0, 0.1) is 0 Å². The zero-order valence-electron chi connectivity index (χ0n) is 20.8. The van der Waals surface area contributed by atoms with Crippen molar-refractivity contribution < 1.29 is 17.9 Å². The first-order valence-corrected chi connectivity index (χ1v) is 14.0. The van der Waals surface area contributed by atoms with Crippen molar-refractivity contribution in [1.82, 2.24) is 14.9 Å². The molecule has 198 valence electrons. The third kappa shape index (κ3) is 6.06. The van der Waals surface area contributed by atoms with Gasteiger partial charge in [0, 0.05) is 31.9 Å². The van der Waals surface area contributed by atoms with Gasteiger partial charge in [-0.1, -0.05) is 36.4 Å². The van der Waals surface area contributed by atoms with Crippen LogP contribution in [0.2, 0.25) is 0 Å². The maximum Gasteiger partial charge on any atom is 0.410 e. The molecule has 1 fully saturated rings. The number of hydrogen-bond acceptors (Lipinski definition) is 7. The Balaban J connectivity index is 1.15. The summed E-state index contributed by atoms with van der Waals surface area (Å²) < 4.78 is 32.8. The summed E-state index contributed by atoms with van der Waals surface area (Å²) in [5.74, 6) is 1.09. The molecule has 1 aliphatic rings. The fourth-order valence-electron chi connectivity index (χ4n) is 4.58. The maximum atomic E-state index is 12.5. The van der Waals surface area contributed by atoms with Crippen LogP contribution < -0.4 is 20.1 Å². The Bertz CT molecular complexity index is 1510. The zero-order chi connectivity index (χ0) is 26.5. The number of carbonyl (C=O) groups is 1. The lowest BCUT2D eigenvalue weighted by molar-refractivity contribution is 0.211.